The zero-order chi connectivity index (χ0) is 28.5. The van der Waals surface area contributed by atoms with Crippen LogP contribution in [0, 0.1) is 24.1 Å². The smallest absolute Gasteiger partial charge is 0.330 e. The SMILES string of the molecule is CCOc1c(F)ccc(C)c1Cn1c(=O)n(CCN2CCOCC2)c2cnc(-n3cnc4ccc(C#N)cc43)nc21. The van der Waals surface area contributed by atoms with E-state index in [0.717, 1.165) is 18.7 Å². The van der Waals surface area contributed by atoms with Gasteiger partial charge in [0.05, 0.1) is 55.2 Å². The molecule has 0 saturated carbocycles. The Hall–Kier alpha value is -4.60. The number of ether oxygens (including phenoxy) is 2. The highest BCUT2D eigenvalue weighted by Crippen LogP contribution is 2.28. The van der Waals surface area contributed by atoms with E-state index in [0.29, 0.717) is 65.6 Å². The van der Waals surface area contributed by atoms with E-state index in [1.54, 1.807) is 57.4 Å². The summed E-state index contributed by atoms with van der Waals surface area (Å²) in [6.07, 6.45) is 3.23. The van der Waals surface area contributed by atoms with Gasteiger partial charge in [-0.3, -0.25) is 18.6 Å². The van der Waals surface area contributed by atoms with Crippen LogP contribution in [0.5, 0.6) is 5.75 Å². The predicted octanol–water partition coefficient (Wildman–Crippen LogP) is 3.03. The van der Waals surface area contributed by atoms with Crippen LogP contribution in [-0.4, -0.2) is 73.0 Å². The summed E-state index contributed by atoms with van der Waals surface area (Å²) in [4.78, 5) is 30.0. The van der Waals surface area contributed by atoms with Crippen molar-refractivity contribution in [3.63, 3.8) is 0 Å². The Balaban J connectivity index is 1.49. The summed E-state index contributed by atoms with van der Waals surface area (Å²) in [5, 5.41) is 9.40. The topological polar surface area (TPSA) is 116 Å². The van der Waals surface area contributed by atoms with Crippen molar-refractivity contribution in [3.8, 4) is 17.8 Å². The normalized spacial score (nSPS) is 14.1. The maximum atomic E-state index is 14.8. The van der Waals surface area contributed by atoms with Crippen molar-refractivity contribution in [2.24, 2.45) is 0 Å². The minimum atomic E-state index is -0.481. The molecule has 12 heteroatoms. The second kappa shape index (κ2) is 11.1. The van der Waals surface area contributed by atoms with Crippen LogP contribution in [-0.2, 0) is 17.8 Å². The lowest BCUT2D eigenvalue weighted by Crippen LogP contribution is -2.39. The van der Waals surface area contributed by atoms with Gasteiger partial charge in [-0.2, -0.15) is 10.2 Å². The fraction of sp³-hybridized carbons (Fsp3) is 0.345. The van der Waals surface area contributed by atoms with Crippen molar-refractivity contribution in [1.29, 1.82) is 5.26 Å². The molecule has 0 radical (unpaired) electrons. The Morgan fingerprint density at radius 1 is 1.10 bits per heavy atom. The van der Waals surface area contributed by atoms with Gasteiger partial charge in [-0.15, -0.1) is 0 Å². The number of hydrogen-bond donors (Lipinski definition) is 0. The number of aryl methyl sites for hydroxylation is 1. The first-order valence-corrected chi connectivity index (χ1v) is 13.5. The van der Waals surface area contributed by atoms with E-state index in [2.05, 4.69) is 20.9 Å². The van der Waals surface area contributed by atoms with Gasteiger partial charge in [-0.1, -0.05) is 6.07 Å². The van der Waals surface area contributed by atoms with Crippen LogP contribution in [0.4, 0.5) is 4.39 Å². The molecule has 2 aromatic carbocycles. The molecule has 6 rings (SSSR count). The average molecular weight is 557 g/mol. The lowest BCUT2D eigenvalue weighted by molar-refractivity contribution is 0.0364. The molecule has 3 aromatic heterocycles. The summed E-state index contributed by atoms with van der Waals surface area (Å²) >= 11 is 0. The summed E-state index contributed by atoms with van der Waals surface area (Å²) in [7, 11) is 0. The molecule has 0 aliphatic carbocycles. The highest BCUT2D eigenvalue weighted by atomic mass is 19.1. The van der Waals surface area contributed by atoms with Crippen LogP contribution in [0.3, 0.4) is 0 Å². The molecule has 0 N–H and O–H groups in total. The van der Waals surface area contributed by atoms with E-state index >= 15 is 0 Å². The van der Waals surface area contributed by atoms with E-state index in [-0.39, 0.29) is 24.6 Å². The summed E-state index contributed by atoms with van der Waals surface area (Å²) < 4.78 is 30.9. The molecule has 210 valence electrons. The van der Waals surface area contributed by atoms with E-state index in [1.807, 2.05) is 6.92 Å². The number of halogens is 1. The molecule has 1 fully saturated rings. The van der Waals surface area contributed by atoms with Gasteiger partial charge in [-0.25, -0.2) is 19.2 Å². The van der Waals surface area contributed by atoms with E-state index < -0.39 is 5.82 Å². The molecule has 4 heterocycles. The van der Waals surface area contributed by atoms with Gasteiger partial charge >= 0.3 is 5.69 Å². The molecule has 1 aliphatic heterocycles. The Morgan fingerprint density at radius 3 is 2.71 bits per heavy atom. The molecule has 0 amide bonds. The maximum absolute atomic E-state index is 14.8. The number of aromatic nitrogens is 6. The zero-order valence-corrected chi connectivity index (χ0v) is 22.9. The highest BCUT2D eigenvalue weighted by Gasteiger charge is 2.22. The van der Waals surface area contributed by atoms with E-state index in [4.69, 9.17) is 14.5 Å². The zero-order valence-electron chi connectivity index (χ0n) is 22.9. The van der Waals surface area contributed by atoms with Gasteiger partial charge in [0.15, 0.2) is 17.2 Å². The number of morpholine rings is 1. The summed E-state index contributed by atoms with van der Waals surface area (Å²) in [5.41, 5.74) is 3.92. The molecular formula is C29H29FN8O3. The quantitative estimate of drug-likeness (QED) is 0.286. The Morgan fingerprint density at radius 2 is 1.93 bits per heavy atom. The first kappa shape index (κ1) is 26.6. The largest absolute Gasteiger partial charge is 0.490 e. The minimum Gasteiger partial charge on any atom is -0.490 e. The number of nitrogens with zero attached hydrogens (tertiary/aromatic N) is 8. The maximum Gasteiger partial charge on any atom is 0.330 e. The third kappa shape index (κ3) is 4.94. The average Bonchev–Trinajstić information content (AvgIpc) is 3.53. The second-order valence-corrected chi connectivity index (χ2v) is 9.89. The van der Waals surface area contributed by atoms with Crippen molar-refractivity contribution >= 4 is 22.2 Å². The van der Waals surface area contributed by atoms with Crippen molar-refractivity contribution in [2.75, 3.05) is 39.5 Å². The number of rotatable bonds is 8. The first-order chi connectivity index (χ1) is 20.0. The molecule has 0 atom stereocenters. The number of imidazole rings is 2. The first-order valence-electron chi connectivity index (χ1n) is 13.5. The number of hydrogen-bond acceptors (Lipinski definition) is 8. The van der Waals surface area contributed by atoms with Gasteiger partial charge in [0.25, 0.3) is 0 Å². The van der Waals surface area contributed by atoms with Gasteiger partial charge in [0.1, 0.15) is 11.8 Å². The fourth-order valence-electron chi connectivity index (χ4n) is 5.22. The number of nitriles is 1. The van der Waals surface area contributed by atoms with Crippen molar-refractivity contribution < 1.29 is 13.9 Å². The third-order valence-electron chi connectivity index (χ3n) is 7.43. The van der Waals surface area contributed by atoms with Crippen LogP contribution in [0.25, 0.3) is 28.1 Å². The molecular weight excluding hydrogens is 527 g/mol. The molecule has 0 bridgehead atoms. The van der Waals surface area contributed by atoms with Crippen molar-refractivity contribution in [3.05, 3.63) is 75.8 Å². The standard InChI is InChI=1S/C29H29FN8O3/c1-3-41-26-21(19(2)4-6-22(26)30)17-37-27-25(36(29(37)39)9-8-35-10-12-40-13-11-35)16-32-28(34-27)38-18-33-23-7-5-20(15-31)14-24(23)38/h4-7,14,16,18H,3,8-13,17H2,1-2H3. The summed E-state index contributed by atoms with van der Waals surface area (Å²) in [6, 6.07) is 10.4. The monoisotopic (exact) mass is 556 g/mol. The second-order valence-electron chi connectivity index (χ2n) is 9.89. The Labute approximate surface area is 235 Å². The van der Waals surface area contributed by atoms with Gasteiger partial charge in [0.2, 0.25) is 5.95 Å². The molecule has 0 unspecified atom stereocenters. The third-order valence-corrected chi connectivity index (χ3v) is 7.43. The van der Waals surface area contributed by atoms with E-state index in [1.165, 1.54) is 6.07 Å². The van der Waals surface area contributed by atoms with Crippen LogP contribution >= 0.6 is 0 Å². The van der Waals surface area contributed by atoms with Crippen LogP contribution in [0.2, 0.25) is 0 Å². The van der Waals surface area contributed by atoms with Crippen LogP contribution < -0.4 is 10.4 Å². The van der Waals surface area contributed by atoms with Crippen molar-refractivity contribution in [1.82, 2.24) is 33.6 Å². The molecule has 1 aliphatic rings. The fourth-order valence-corrected chi connectivity index (χ4v) is 5.22. The summed E-state index contributed by atoms with van der Waals surface area (Å²) in [6.45, 7) is 8.03. The van der Waals surface area contributed by atoms with Crippen LogP contribution in [0.15, 0.2) is 47.7 Å². The minimum absolute atomic E-state index is 0.0680. The van der Waals surface area contributed by atoms with Gasteiger partial charge in [0, 0.05) is 31.7 Å². The Bertz CT molecular complexity index is 1850. The predicted molar refractivity (Wildman–Crippen MR) is 150 cm³/mol. The molecule has 11 nitrogen and oxygen atoms in total. The van der Waals surface area contributed by atoms with Crippen molar-refractivity contribution in [2.45, 2.75) is 26.9 Å². The van der Waals surface area contributed by atoms with E-state index in [9.17, 15) is 14.4 Å². The van der Waals surface area contributed by atoms with Crippen LogP contribution in [0.1, 0.15) is 23.6 Å². The molecule has 0 spiro atoms. The summed E-state index contributed by atoms with van der Waals surface area (Å²) in [5.74, 6) is -0.0484. The highest BCUT2D eigenvalue weighted by molar-refractivity contribution is 5.79. The molecule has 41 heavy (non-hydrogen) atoms. The van der Waals surface area contributed by atoms with Gasteiger partial charge < -0.3 is 9.47 Å². The van der Waals surface area contributed by atoms with Gasteiger partial charge in [-0.05, 0) is 43.7 Å². The number of benzene rings is 2. The molecule has 5 aromatic rings. The number of fused-ring (bicyclic) bond motifs is 2. The lowest BCUT2D eigenvalue weighted by atomic mass is 10.1. The lowest BCUT2D eigenvalue weighted by Gasteiger charge is -2.26. The Kier molecular flexibility index (Phi) is 7.21. The molecule has 1 saturated heterocycles.